The number of hydrogen-bond acceptors (Lipinski definition) is 12. The molecule has 0 aromatic rings. The van der Waals surface area contributed by atoms with E-state index in [0.717, 1.165) is 0 Å². The first-order valence-electron chi connectivity index (χ1n) is 2.91. The Bertz CT molecular complexity index is 254. The number of nitrogens with zero attached hydrogens (tertiary/aromatic N) is 12. The Kier molecular flexibility index (Phi) is 5010. The molecule has 0 unspecified atom stereocenters. The van der Waals surface area contributed by atoms with Gasteiger partial charge in [-0.05, 0) is 0 Å². The van der Waals surface area contributed by atoms with Crippen LogP contribution in [0.25, 0.3) is 0 Å². The third-order valence-electron chi connectivity index (χ3n) is 0. The minimum atomic E-state index is 0. The summed E-state index contributed by atoms with van der Waals surface area (Å²) < 4.78 is 0. The Morgan fingerprint density at radius 1 is 0.207 bits per heavy atom. The molecule has 0 aromatic carbocycles. The molecule has 12 nitrogen and oxygen atoms in total. The van der Waals surface area contributed by atoms with Gasteiger partial charge in [0, 0.05) is 0 Å². The van der Waals surface area contributed by atoms with E-state index in [1.807, 2.05) is 0 Å². The van der Waals surface area contributed by atoms with Crippen LogP contribution in [0, 0.1) is 142 Å². The second-order valence-corrected chi connectivity index (χ2v) is 0. The Labute approximate surface area is 211 Å². The molecule has 0 aliphatic carbocycles. The Hall–Kier alpha value is -3.59. The first-order valence-corrected chi connectivity index (χ1v) is 6.46. The molecular formula is C12Co5N12-10. The van der Waals surface area contributed by atoms with Crippen molar-refractivity contribution in [2.75, 3.05) is 0 Å². The average molecular weight is 607 g/mol. The minimum absolute atomic E-state index is 0. The summed E-state index contributed by atoms with van der Waals surface area (Å²) in [5, 5.41) is 75.0. The van der Waals surface area contributed by atoms with E-state index in [-0.39, 0.29) is 16.8 Å². The Balaban J connectivity index is -0.00000000558. The topological polar surface area (TPSA) is 285 Å². The molecule has 0 saturated heterocycles. The SMILES string of the molecule is [C-]#N.[C-]#N.[C-]#N.[C-]#N.[C-]#N.[C-]#N.[C-]#N.[C-]#N.[C-]#N.[C-]#N.[C-]#N.[C-]#N.[Co+2].[Co]=[Co].[Co]=[Co]. The van der Waals surface area contributed by atoms with E-state index >= 15 is 0 Å². The summed E-state index contributed by atoms with van der Waals surface area (Å²) in [7, 11) is 0. The fraction of sp³-hybridized carbons (Fsp3) is 0. The van der Waals surface area contributed by atoms with Crippen molar-refractivity contribution in [3.63, 3.8) is 0 Å². The summed E-state index contributed by atoms with van der Waals surface area (Å²) >= 11 is 13.0. The van der Waals surface area contributed by atoms with Crippen LogP contribution in [0.3, 0.4) is 0 Å². The van der Waals surface area contributed by atoms with Gasteiger partial charge in [-0.1, -0.05) is 0 Å². The molecule has 0 saturated carbocycles. The molecule has 0 aliphatic heterocycles. The zero-order valence-corrected chi connectivity index (χ0v) is 18.2. The maximum atomic E-state index is 6.25. The van der Waals surface area contributed by atoms with Crippen LogP contribution >= 0.6 is 0 Å². The van der Waals surface area contributed by atoms with Gasteiger partial charge in [0.15, 0.2) is 0 Å². The molecule has 0 aliphatic rings. The van der Waals surface area contributed by atoms with E-state index < -0.39 is 0 Å². The summed E-state index contributed by atoms with van der Waals surface area (Å²) in [5.74, 6) is 0. The average Bonchev–Trinajstić information content (AvgIpc) is 2.95. The second kappa shape index (κ2) is 1040. The van der Waals surface area contributed by atoms with E-state index in [9.17, 15) is 0 Å². The number of hydrogen-bond donors (Lipinski definition) is 0. The van der Waals surface area contributed by atoms with Gasteiger partial charge in [0.05, 0.1) is 0 Å². The van der Waals surface area contributed by atoms with E-state index in [2.05, 4.69) is 53.8 Å². The van der Waals surface area contributed by atoms with Crippen LogP contribution in [0.15, 0.2) is 0 Å². The maximum absolute atomic E-state index is 6.25. The fourth-order valence-corrected chi connectivity index (χ4v) is 0. The van der Waals surface area contributed by atoms with Crippen LogP contribution in [0.5, 0.6) is 0 Å². The summed E-state index contributed by atoms with van der Waals surface area (Å²) in [6.07, 6.45) is 0. The van der Waals surface area contributed by atoms with Gasteiger partial charge >= 0.3 is 70.6 Å². The van der Waals surface area contributed by atoms with Gasteiger partial charge in [0.1, 0.15) is 0 Å². The van der Waals surface area contributed by atoms with Crippen LogP contribution in [-0.4, -0.2) is 0 Å². The van der Waals surface area contributed by atoms with Crippen molar-refractivity contribution >= 4 is 0 Å². The van der Waals surface area contributed by atoms with Crippen LogP contribution in [0.1, 0.15) is 0 Å². The molecule has 163 valence electrons. The predicted molar refractivity (Wildman–Crippen MR) is 59.6 cm³/mol. The Morgan fingerprint density at radius 3 is 0.207 bits per heavy atom. The first-order chi connectivity index (χ1) is 14.0. The molecule has 0 amide bonds. The van der Waals surface area contributed by atoms with E-state index in [4.69, 9.17) is 142 Å². The van der Waals surface area contributed by atoms with Crippen molar-refractivity contribution in [3.05, 3.63) is 78.9 Å². The number of rotatable bonds is 0. The molecule has 0 heterocycles. The molecule has 0 aromatic heterocycles. The van der Waals surface area contributed by atoms with Crippen molar-refractivity contribution in [3.8, 4) is 0 Å². The van der Waals surface area contributed by atoms with Gasteiger partial charge in [-0.15, -0.1) is 0 Å². The zero-order valence-electron chi connectivity index (χ0n) is 13.0. The molecule has 1 radical (unpaired) electrons. The molecule has 0 atom stereocenters. The van der Waals surface area contributed by atoms with Gasteiger partial charge in [0.2, 0.25) is 0 Å². The van der Waals surface area contributed by atoms with Gasteiger partial charge in [-0.3, -0.25) is 0 Å². The molecule has 29 heavy (non-hydrogen) atoms. The second-order valence-electron chi connectivity index (χ2n) is 0. The summed E-state index contributed by atoms with van der Waals surface area (Å²) in [5.41, 5.74) is 0. The van der Waals surface area contributed by atoms with Crippen LogP contribution < -0.4 is 0 Å². The van der Waals surface area contributed by atoms with E-state index in [0.29, 0.717) is 0 Å². The summed E-state index contributed by atoms with van der Waals surface area (Å²) in [6.45, 7) is 57.0. The van der Waals surface area contributed by atoms with E-state index in [1.165, 1.54) is 0 Å². The Morgan fingerprint density at radius 2 is 0.207 bits per heavy atom. The normalized spacial score (nSPS) is 1.24. The van der Waals surface area contributed by atoms with E-state index in [1.54, 1.807) is 0 Å². The van der Waals surface area contributed by atoms with Crippen LogP contribution in [0.2, 0.25) is 0 Å². The quantitative estimate of drug-likeness (QED) is 0.351. The van der Waals surface area contributed by atoms with Gasteiger partial charge in [-0.2, -0.15) is 0 Å². The van der Waals surface area contributed by atoms with Gasteiger partial charge < -0.3 is 142 Å². The zero-order chi connectivity index (χ0) is 28.0. The molecule has 0 fully saturated rings. The van der Waals surface area contributed by atoms with Crippen molar-refractivity contribution in [1.82, 2.24) is 0 Å². The third-order valence-corrected chi connectivity index (χ3v) is 0. The fourth-order valence-electron chi connectivity index (χ4n) is 0. The van der Waals surface area contributed by atoms with Crippen LogP contribution in [0.4, 0.5) is 0 Å². The molecule has 0 rings (SSSR count). The van der Waals surface area contributed by atoms with Crippen molar-refractivity contribution < 1.29 is 70.6 Å². The third kappa shape index (κ3) is 953. The standard InChI is InChI=1S/12CN.5Co/c12*1-2;;;;;/q12*-1;;;;;+2. The monoisotopic (exact) mass is 607 g/mol. The molecule has 17 heteroatoms. The molecule has 0 bridgehead atoms. The van der Waals surface area contributed by atoms with Gasteiger partial charge in [-0.25, -0.2) is 0 Å². The van der Waals surface area contributed by atoms with Crippen molar-refractivity contribution in [2.24, 2.45) is 0 Å². The van der Waals surface area contributed by atoms with Gasteiger partial charge in [0.25, 0.3) is 0 Å². The van der Waals surface area contributed by atoms with Crippen molar-refractivity contribution in [2.45, 2.75) is 0 Å². The summed E-state index contributed by atoms with van der Waals surface area (Å²) in [4.78, 5) is 0. The summed E-state index contributed by atoms with van der Waals surface area (Å²) in [6, 6.07) is 0. The predicted octanol–water partition coefficient (Wildman–Crippen LogP) is 1.14. The van der Waals surface area contributed by atoms with Crippen LogP contribution in [-0.2, 0) is 70.6 Å². The van der Waals surface area contributed by atoms with Crippen molar-refractivity contribution in [1.29, 1.82) is 63.1 Å². The molecule has 0 N–H and O–H groups in total. The molecular weight excluding hydrogens is 607 g/mol. The molecule has 0 spiro atoms. The first kappa shape index (κ1) is 140.